The number of phosphoric ester groups is 1. The molecule has 8 nitrogen and oxygen atoms in total. The summed E-state index contributed by atoms with van der Waals surface area (Å²) >= 11 is 0. The Hall–Kier alpha value is -3.62. The molecule has 0 aromatic rings. The summed E-state index contributed by atoms with van der Waals surface area (Å²) in [5.41, 5.74) is 0. The van der Waals surface area contributed by atoms with Crippen LogP contribution in [0.5, 0.6) is 0 Å². The van der Waals surface area contributed by atoms with Gasteiger partial charge in [-0.15, -0.1) is 0 Å². The predicted molar refractivity (Wildman–Crippen MR) is 294 cm³/mol. The van der Waals surface area contributed by atoms with E-state index in [-0.39, 0.29) is 19.1 Å². The lowest BCUT2D eigenvalue weighted by Gasteiger charge is -2.25. The molecule has 0 saturated heterocycles. The number of hydrogen-bond donors (Lipinski definition) is 3. The molecule has 0 bridgehead atoms. The highest BCUT2D eigenvalue weighted by Crippen LogP contribution is 2.43. The van der Waals surface area contributed by atoms with E-state index in [0.717, 1.165) is 128 Å². The minimum absolute atomic E-state index is 0.0426. The first-order chi connectivity index (χ1) is 33.0. The first kappa shape index (κ1) is 64.4. The number of carbonyl (C=O) groups is 1. The Morgan fingerprint density at radius 2 is 0.897 bits per heavy atom. The molecule has 3 atom stereocenters. The van der Waals surface area contributed by atoms with Gasteiger partial charge in [0.05, 0.1) is 39.9 Å². The van der Waals surface area contributed by atoms with E-state index in [4.69, 9.17) is 9.05 Å². The number of unbranched alkanes of at least 4 members (excludes halogenated alkanes) is 10. The van der Waals surface area contributed by atoms with Gasteiger partial charge in [-0.2, -0.15) is 0 Å². The molecule has 1 amide bonds. The van der Waals surface area contributed by atoms with Gasteiger partial charge in [0.1, 0.15) is 13.2 Å². The Morgan fingerprint density at radius 1 is 0.515 bits per heavy atom. The van der Waals surface area contributed by atoms with Gasteiger partial charge < -0.3 is 19.8 Å². The van der Waals surface area contributed by atoms with Crippen LogP contribution in [-0.4, -0.2) is 73.4 Å². The van der Waals surface area contributed by atoms with Gasteiger partial charge in [0.15, 0.2) is 0 Å². The molecule has 0 aliphatic carbocycles. The van der Waals surface area contributed by atoms with Crippen LogP contribution < -0.4 is 5.32 Å². The van der Waals surface area contributed by atoms with Crippen LogP contribution in [0, 0.1) is 0 Å². The number of nitrogens with one attached hydrogen (secondary N) is 1. The number of nitrogens with zero attached hydrogens (tertiary/aromatic N) is 1. The molecule has 68 heavy (non-hydrogen) atoms. The minimum Gasteiger partial charge on any atom is -0.387 e. The van der Waals surface area contributed by atoms with E-state index in [1.165, 1.54) is 19.3 Å². The van der Waals surface area contributed by atoms with Gasteiger partial charge >= 0.3 is 7.82 Å². The third-order valence-corrected chi connectivity index (χ3v) is 11.5. The number of allylic oxidation sites excluding steroid dienone is 23. The highest BCUT2D eigenvalue weighted by molar-refractivity contribution is 7.47. The maximum absolute atomic E-state index is 12.9. The maximum atomic E-state index is 12.9. The molecular weight excluding hydrogens is 864 g/mol. The third-order valence-electron chi connectivity index (χ3n) is 10.5. The molecule has 0 radical (unpaired) electrons. The lowest BCUT2D eigenvalue weighted by Crippen LogP contribution is -2.45. The van der Waals surface area contributed by atoms with E-state index >= 15 is 0 Å². The summed E-state index contributed by atoms with van der Waals surface area (Å²) in [4.78, 5) is 23.2. The van der Waals surface area contributed by atoms with Crippen LogP contribution in [0.3, 0.4) is 0 Å². The molecule has 9 heteroatoms. The van der Waals surface area contributed by atoms with Crippen LogP contribution in [0.15, 0.2) is 146 Å². The van der Waals surface area contributed by atoms with Crippen molar-refractivity contribution >= 4 is 13.7 Å². The zero-order valence-corrected chi connectivity index (χ0v) is 44.4. The maximum Gasteiger partial charge on any atom is 0.472 e. The first-order valence-electron chi connectivity index (χ1n) is 26.2. The number of likely N-dealkylation sites (N-methyl/N-ethyl adjacent to an activating group) is 1. The first-order valence-corrected chi connectivity index (χ1v) is 27.7. The van der Waals surface area contributed by atoms with Crippen molar-refractivity contribution in [2.24, 2.45) is 0 Å². The molecule has 0 aliphatic rings. The molecule has 3 N–H and O–H groups in total. The molecule has 384 valence electrons. The van der Waals surface area contributed by atoms with Crippen LogP contribution in [0.25, 0.3) is 0 Å². The number of hydrogen-bond acceptors (Lipinski definition) is 5. The van der Waals surface area contributed by atoms with E-state index in [9.17, 15) is 19.4 Å². The lowest BCUT2D eigenvalue weighted by atomic mass is 10.1. The Kier molecular flexibility index (Phi) is 45.8. The van der Waals surface area contributed by atoms with Crippen LogP contribution in [-0.2, 0) is 18.4 Å². The summed E-state index contributed by atoms with van der Waals surface area (Å²) in [6.07, 6.45) is 75.2. The summed E-state index contributed by atoms with van der Waals surface area (Å²) in [6.45, 7) is 4.55. The number of amides is 1. The second-order valence-corrected chi connectivity index (χ2v) is 19.6. The summed E-state index contributed by atoms with van der Waals surface area (Å²) < 4.78 is 23.5. The van der Waals surface area contributed by atoms with Gasteiger partial charge in [0.25, 0.3) is 0 Å². The van der Waals surface area contributed by atoms with E-state index in [0.29, 0.717) is 17.4 Å². The second-order valence-electron chi connectivity index (χ2n) is 18.1. The van der Waals surface area contributed by atoms with E-state index in [2.05, 4.69) is 153 Å². The largest absolute Gasteiger partial charge is 0.472 e. The van der Waals surface area contributed by atoms with E-state index in [1.54, 1.807) is 6.08 Å². The predicted octanol–water partition coefficient (Wildman–Crippen LogP) is 15.7. The second kappa shape index (κ2) is 48.4. The summed E-state index contributed by atoms with van der Waals surface area (Å²) in [5, 5.41) is 13.8. The Morgan fingerprint density at radius 3 is 1.34 bits per heavy atom. The molecule has 0 aliphatic heterocycles. The quantitative estimate of drug-likeness (QED) is 0.0243. The number of aliphatic hydroxyl groups is 1. The van der Waals surface area contributed by atoms with Gasteiger partial charge in [-0.3, -0.25) is 13.8 Å². The zero-order valence-electron chi connectivity index (χ0n) is 43.5. The topological polar surface area (TPSA) is 105 Å². The lowest BCUT2D eigenvalue weighted by molar-refractivity contribution is -0.870. The van der Waals surface area contributed by atoms with Crippen molar-refractivity contribution in [1.82, 2.24) is 5.32 Å². The van der Waals surface area contributed by atoms with Gasteiger partial charge in [0, 0.05) is 6.42 Å². The smallest absolute Gasteiger partial charge is 0.387 e. The number of rotatable bonds is 45. The minimum atomic E-state index is -4.36. The molecule has 3 unspecified atom stereocenters. The number of carbonyl (C=O) groups excluding carboxylic acids is 1. The highest BCUT2D eigenvalue weighted by Gasteiger charge is 2.27. The standard InChI is InChI=1S/C59H97N2O6P/c1-6-8-10-12-14-16-18-19-20-21-22-23-24-25-26-27-28-29-30-31-32-33-34-35-36-37-38-39-40-41-43-45-47-49-51-53-59(63)60-57(56-67-68(64,65)66-55-54-61(3,4)5)58(62)52-50-48-46-44-42-17-15-13-11-9-7-2/h8,10-11,13-14,16,19-20,22-23,25-26,28-29,31-32,34-35,37-38,42,44,50,52,57-58,62H,6-7,9,12,15,17-18,21,24,27,30,33,36,39-41,43,45-49,51,53-56H2,1-5H3,(H-,60,63,64,65)/p+1/b10-8-,13-11+,16-14-,20-19-,23-22-,26-25-,29-28-,32-31-,35-34-,38-37-,44-42+,52-50+. The van der Waals surface area contributed by atoms with Crippen LogP contribution in [0.4, 0.5) is 0 Å². The highest BCUT2D eigenvalue weighted by atomic mass is 31.2. The summed E-state index contributed by atoms with van der Waals surface area (Å²) in [5.74, 6) is -0.212. The van der Waals surface area contributed by atoms with Crippen molar-refractivity contribution in [3.05, 3.63) is 146 Å². The fraction of sp³-hybridized carbons (Fsp3) is 0.576. The van der Waals surface area contributed by atoms with Crippen LogP contribution in [0.2, 0.25) is 0 Å². The van der Waals surface area contributed by atoms with Gasteiger partial charge in [-0.1, -0.05) is 198 Å². The fourth-order valence-electron chi connectivity index (χ4n) is 6.42. The van der Waals surface area contributed by atoms with E-state index < -0.39 is 20.0 Å². The van der Waals surface area contributed by atoms with Crippen LogP contribution >= 0.6 is 7.82 Å². The monoisotopic (exact) mass is 962 g/mol. The molecule has 0 heterocycles. The van der Waals surface area contributed by atoms with E-state index in [1.807, 2.05) is 27.2 Å². The Balaban J connectivity index is 4.21. The SMILES string of the molecule is CC/C=C\C/C=C\C/C=C\C/C=C\C/C=C\C/C=C\C/C=C\C/C=C\C/C=C\CCCCCCCCCC(=O)NC(COP(=O)(O)OCC[N+](C)(C)C)C(O)/C=C/CC/C=C/CC/C=C/CCC. The summed E-state index contributed by atoms with van der Waals surface area (Å²) in [7, 11) is 1.51. The third kappa shape index (κ3) is 50.3. The molecule has 0 rings (SSSR count). The summed E-state index contributed by atoms with van der Waals surface area (Å²) in [6, 6.07) is -0.885. The molecular formula is C59H98N2O6P+. The van der Waals surface area contributed by atoms with Gasteiger partial charge in [0.2, 0.25) is 5.91 Å². The van der Waals surface area contributed by atoms with Crippen molar-refractivity contribution in [2.75, 3.05) is 40.9 Å². The Bertz CT molecular complexity index is 1610. The molecule has 0 fully saturated rings. The molecule has 0 aromatic heterocycles. The van der Waals surface area contributed by atoms with Gasteiger partial charge in [-0.25, -0.2) is 4.57 Å². The van der Waals surface area contributed by atoms with Crippen molar-refractivity contribution in [1.29, 1.82) is 0 Å². The number of phosphoric acid groups is 1. The van der Waals surface area contributed by atoms with Crippen molar-refractivity contribution in [3.63, 3.8) is 0 Å². The molecule has 0 spiro atoms. The van der Waals surface area contributed by atoms with Crippen LogP contribution in [0.1, 0.15) is 168 Å². The molecule has 0 saturated carbocycles. The molecule has 0 aromatic carbocycles. The van der Waals surface area contributed by atoms with Crippen molar-refractivity contribution in [2.45, 2.75) is 180 Å². The average Bonchev–Trinajstić information content (AvgIpc) is 3.30. The normalized spacial score (nSPS) is 15.2. The number of quaternary nitrogens is 1. The van der Waals surface area contributed by atoms with Crippen molar-refractivity contribution in [3.8, 4) is 0 Å². The number of aliphatic hydroxyl groups excluding tert-OH is 1. The fourth-order valence-corrected chi connectivity index (χ4v) is 7.16. The van der Waals surface area contributed by atoms with Crippen molar-refractivity contribution < 1.29 is 32.9 Å². The average molecular weight is 962 g/mol. The van der Waals surface area contributed by atoms with Gasteiger partial charge in [-0.05, 0) is 109 Å². The Labute approximate surface area is 417 Å². The zero-order chi connectivity index (χ0) is 49.9.